The molecule has 0 aliphatic carbocycles. The number of nitrogens with one attached hydrogen (secondary N) is 2. The molecule has 122 valence electrons. The molecule has 0 saturated carbocycles. The highest BCUT2D eigenvalue weighted by molar-refractivity contribution is 5.97. The molecule has 0 heterocycles. The molecular weight excluding hydrogens is 296 g/mol. The Morgan fingerprint density at radius 2 is 1.12 bits per heavy atom. The van der Waals surface area contributed by atoms with Gasteiger partial charge in [0.2, 0.25) is 0 Å². The number of benzene rings is 3. The van der Waals surface area contributed by atoms with Crippen LogP contribution in [0.4, 0.5) is 11.4 Å². The van der Waals surface area contributed by atoms with Crippen LogP contribution in [-0.2, 0) is 4.79 Å². The van der Waals surface area contributed by atoms with Crippen molar-refractivity contribution in [3.8, 4) is 0 Å². The van der Waals surface area contributed by atoms with E-state index < -0.39 is 6.04 Å². The van der Waals surface area contributed by atoms with Crippen molar-refractivity contribution in [1.29, 1.82) is 0 Å². The van der Waals surface area contributed by atoms with Crippen LogP contribution in [0.3, 0.4) is 0 Å². The predicted molar refractivity (Wildman–Crippen MR) is 101 cm³/mol. The molecule has 0 radical (unpaired) electrons. The Labute approximate surface area is 143 Å². The summed E-state index contributed by atoms with van der Waals surface area (Å²) in [5.74, 6) is -0.0914. The Balaban J connectivity index is 0.00000208. The van der Waals surface area contributed by atoms with Crippen LogP contribution in [0.5, 0.6) is 0 Å². The molecule has 0 spiro atoms. The average Bonchev–Trinajstić information content (AvgIpc) is 2.62. The Kier molecular flexibility index (Phi) is 6.15. The number of rotatable bonds is 5. The number of carbonyl (C=O) groups excluding carboxylic acids is 1. The van der Waals surface area contributed by atoms with Crippen LogP contribution in [0.25, 0.3) is 0 Å². The molecule has 3 rings (SSSR count). The number of amides is 1. The monoisotopic (exact) mass is 318 g/mol. The summed E-state index contributed by atoms with van der Waals surface area (Å²) in [6.07, 6.45) is 0. The minimum atomic E-state index is -0.459. The number of para-hydroxylation sites is 2. The molecule has 0 aromatic heterocycles. The van der Waals surface area contributed by atoms with E-state index in [-0.39, 0.29) is 13.3 Å². The highest BCUT2D eigenvalue weighted by Crippen LogP contribution is 2.21. The van der Waals surface area contributed by atoms with E-state index in [4.69, 9.17) is 0 Å². The lowest BCUT2D eigenvalue weighted by Gasteiger charge is -2.20. The summed E-state index contributed by atoms with van der Waals surface area (Å²) in [7, 11) is 0. The summed E-state index contributed by atoms with van der Waals surface area (Å²) in [4.78, 5) is 12.7. The van der Waals surface area contributed by atoms with Crippen molar-refractivity contribution in [3.63, 3.8) is 0 Å². The normalized spacial score (nSPS) is 11.0. The van der Waals surface area contributed by atoms with E-state index in [9.17, 15) is 4.79 Å². The topological polar surface area (TPSA) is 41.1 Å². The number of hydrogen-bond acceptors (Lipinski definition) is 2. The Bertz CT molecular complexity index is 743. The molecule has 0 bridgehead atoms. The van der Waals surface area contributed by atoms with Crippen LogP contribution >= 0.6 is 0 Å². The minimum Gasteiger partial charge on any atom is -0.370 e. The van der Waals surface area contributed by atoms with Gasteiger partial charge < -0.3 is 10.6 Å². The predicted octanol–water partition coefficient (Wildman–Crippen LogP) is 5.11. The first-order valence-corrected chi connectivity index (χ1v) is 7.55. The van der Waals surface area contributed by atoms with Crippen LogP contribution < -0.4 is 10.6 Å². The second-order valence-electron chi connectivity index (χ2n) is 5.21. The Hall–Kier alpha value is -3.07. The Morgan fingerprint density at radius 1 is 0.667 bits per heavy atom. The van der Waals surface area contributed by atoms with Gasteiger partial charge in [-0.05, 0) is 29.8 Å². The maximum Gasteiger partial charge on any atom is 0.251 e. The second-order valence-corrected chi connectivity index (χ2v) is 5.21. The molecule has 0 aliphatic heterocycles. The number of anilines is 2. The van der Waals surface area contributed by atoms with Crippen LogP contribution in [0.1, 0.15) is 19.0 Å². The molecule has 3 heteroatoms. The SMILES string of the molecule is C.O=C(Nc1ccccc1)C(Nc1ccccc1)c1ccccc1. The van der Waals surface area contributed by atoms with E-state index >= 15 is 0 Å². The zero-order valence-electron chi connectivity index (χ0n) is 12.6. The molecule has 3 aromatic carbocycles. The molecule has 0 fully saturated rings. The van der Waals surface area contributed by atoms with Gasteiger partial charge in [0.05, 0.1) is 0 Å². The molecule has 24 heavy (non-hydrogen) atoms. The summed E-state index contributed by atoms with van der Waals surface area (Å²) in [5.41, 5.74) is 2.61. The van der Waals surface area contributed by atoms with Gasteiger partial charge in [-0.2, -0.15) is 0 Å². The van der Waals surface area contributed by atoms with Crippen molar-refractivity contribution in [2.24, 2.45) is 0 Å². The van der Waals surface area contributed by atoms with E-state index in [0.29, 0.717) is 0 Å². The van der Waals surface area contributed by atoms with Crippen LogP contribution in [0, 0.1) is 0 Å². The first-order chi connectivity index (χ1) is 11.3. The lowest BCUT2D eigenvalue weighted by molar-refractivity contribution is -0.117. The summed E-state index contributed by atoms with van der Waals surface area (Å²) in [5, 5.41) is 6.26. The van der Waals surface area contributed by atoms with Crippen molar-refractivity contribution >= 4 is 17.3 Å². The lowest BCUT2D eigenvalue weighted by atomic mass is 10.1. The molecule has 3 aromatic rings. The molecule has 3 nitrogen and oxygen atoms in total. The standard InChI is InChI=1S/C20H18N2O.CH4/c23-20(22-18-14-8-3-9-15-18)19(16-10-4-1-5-11-16)21-17-12-6-2-7-13-17;/h1-15,19,21H,(H,22,23);1H4. The zero-order valence-corrected chi connectivity index (χ0v) is 12.6. The van der Waals surface area contributed by atoms with E-state index in [1.807, 2.05) is 91.0 Å². The van der Waals surface area contributed by atoms with Gasteiger partial charge in [0.15, 0.2) is 0 Å². The van der Waals surface area contributed by atoms with Crippen molar-refractivity contribution in [1.82, 2.24) is 0 Å². The third kappa shape index (κ3) is 4.46. The first-order valence-electron chi connectivity index (χ1n) is 7.55. The molecular formula is C21H22N2O. The summed E-state index contributed by atoms with van der Waals surface area (Å²) < 4.78 is 0. The molecule has 0 saturated heterocycles. The fourth-order valence-electron chi connectivity index (χ4n) is 2.38. The second kappa shape index (κ2) is 8.53. The van der Waals surface area contributed by atoms with Crippen molar-refractivity contribution in [2.75, 3.05) is 10.6 Å². The van der Waals surface area contributed by atoms with Crippen molar-refractivity contribution < 1.29 is 4.79 Å². The van der Waals surface area contributed by atoms with E-state index in [1.165, 1.54) is 0 Å². The van der Waals surface area contributed by atoms with Gasteiger partial charge in [-0.15, -0.1) is 0 Å². The van der Waals surface area contributed by atoms with Gasteiger partial charge >= 0.3 is 0 Å². The van der Waals surface area contributed by atoms with Gasteiger partial charge in [0, 0.05) is 11.4 Å². The highest BCUT2D eigenvalue weighted by Gasteiger charge is 2.20. The molecule has 1 amide bonds. The van der Waals surface area contributed by atoms with Crippen molar-refractivity contribution in [2.45, 2.75) is 13.5 Å². The number of carbonyl (C=O) groups is 1. The number of hydrogen-bond donors (Lipinski definition) is 2. The fourth-order valence-corrected chi connectivity index (χ4v) is 2.38. The summed E-state index contributed by atoms with van der Waals surface area (Å²) in [6.45, 7) is 0. The van der Waals surface area contributed by atoms with Gasteiger partial charge in [0.1, 0.15) is 6.04 Å². The smallest absolute Gasteiger partial charge is 0.251 e. The molecule has 1 atom stereocenters. The van der Waals surface area contributed by atoms with Gasteiger partial charge in [0.25, 0.3) is 5.91 Å². The van der Waals surface area contributed by atoms with E-state index in [1.54, 1.807) is 0 Å². The molecule has 0 aliphatic rings. The fraction of sp³-hybridized carbons (Fsp3) is 0.0952. The lowest BCUT2D eigenvalue weighted by Crippen LogP contribution is -2.27. The first kappa shape index (κ1) is 17.3. The third-order valence-corrected chi connectivity index (χ3v) is 3.52. The average molecular weight is 318 g/mol. The van der Waals surface area contributed by atoms with Crippen LogP contribution in [0.2, 0.25) is 0 Å². The molecule has 2 N–H and O–H groups in total. The summed E-state index contributed by atoms with van der Waals surface area (Å²) in [6, 6.07) is 28.5. The third-order valence-electron chi connectivity index (χ3n) is 3.52. The van der Waals surface area contributed by atoms with Gasteiger partial charge in [-0.3, -0.25) is 4.79 Å². The van der Waals surface area contributed by atoms with Crippen molar-refractivity contribution in [3.05, 3.63) is 96.6 Å². The quantitative estimate of drug-likeness (QED) is 0.686. The van der Waals surface area contributed by atoms with Gasteiger partial charge in [-0.1, -0.05) is 74.2 Å². The van der Waals surface area contributed by atoms with Crippen LogP contribution in [0.15, 0.2) is 91.0 Å². The maximum absolute atomic E-state index is 12.7. The van der Waals surface area contributed by atoms with E-state index in [0.717, 1.165) is 16.9 Å². The van der Waals surface area contributed by atoms with E-state index in [2.05, 4.69) is 10.6 Å². The zero-order chi connectivity index (χ0) is 15.9. The maximum atomic E-state index is 12.7. The largest absolute Gasteiger partial charge is 0.370 e. The summed E-state index contributed by atoms with van der Waals surface area (Å²) >= 11 is 0. The Morgan fingerprint density at radius 3 is 1.67 bits per heavy atom. The molecule has 1 unspecified atom stereocenters. The minimum absolute atomic E-state index is 0. The van der Waals surface area contributed by atoms with Gasteiger partial charge in [-0.25, -0.2) is 0 Å². The highest BCUT2D eigenvalue weighted by atomic mass is 16.2. The van der Waals surface area contributed by atoms with Crippen LogP contribution in [-0.4, -0.2) is 5.91 Å².